The molecule has 0 saturated heterocycles. The topological polar surface area (TPSA) is 55.1 Å². The Morgan fingerprint density at radius 2 is 2.00 bits per heavy atom. The lowest BCUT2D eigenvalue weighted by atomic mass is 9.75. The van der Waals surface area contributed by atoms with Crippen LogP contribution in [0, 0.1) is 12.3 Å². The van der Waals surface area contributed by atoms with E-state index >= 15 is 0 Å². The Hall–Kier alpha value is -1.51. The Morgan fingerprint density at radius 3 is 2.68 bits per heavy atom. The molecule has 0 heterocycles. The van der Waals surface area contributed by atoms with Crippen molar-refractivity contribution in [2.24, 2.45) is 5.41 Å². The maximum atomic E-state index is 12.3. The summed E-state index contributed by atoms with van der Waals surface area (Å²) < 4.78 is 0. The van der Waals surface area contributed by atoms with Gasteiger partial charge in [0.2, 0.25) is 5.91 Å². The highest BCUT2D eigenvalue weighted by Gasteiger charge is 2.34. The molecule has 3 nitrogen and oxygen atoms in total. The van der Waals surface area contributed by atoms with E-state index in [0.29, 0.717) is 6.54 Å². The number of nitrogens with one attached hydrogen (secondary N) is 1. The monoisotopic (exact) mass is 260 g/mol. The van der Waals surface area contributed by atoms with Crippen molar-refractivity contribution in [3.05, 3.63) is 29.3 Å². The molecule has 1 aliphatic carbocycles. The molecule has 1 saturated carbocycles. The van der Waals surface area contributed by atoms with Gasteiger partial charge >= 0.3 is 0 Å². The number of carbonyl (C=O) groups is 1. The van der Waals surface area contributed by atoms with Crippen LogP contribution in [0.5, 0.6) is 0 Å². The third-order valence-corrected chi connectivity index (χ3v) is 4.43. The molecule has 0 spiro atoms. The Bertz CT molecular complexity index is 462. The second-order valence-corrected chi connectivity index (χ2v) is 5.94. The van der Waals surface area contributed by atoms with E-state index in [2.05, 4.69) is 12.2 Å². The van der Waals surface area contributed by atoms with Gasteiger partial charge in [0, 0.05) is 17.6 Å². The number of anilines is 1. The standard InChI is InChI=1S/C16H24N2O/c1-12-13(7-6-8-14(12)17)11-18-15(19)16(2)9-4-3-5-10-16/h6-8H,3-5,9-11,17H2,1-2H3,(H,18,19). The minimum Gasteiger partial charge on any atom is -0.399 e. The predicted molar refractivity (Wildman–Crippen MR) is 78.6 cm³/mol. The van der Waals surface area contributed by atoms with Crippen molar-refractivity contribution < 1.29 is 4.79 Å². The summed E-state index contributed by atoms with van der Waals surface area (Å²) in [4.78, 5) is 12.3. The first-order valence-electron chi connectivity index (χ1n) is 7.15. The van der Waals surface area contributed by atoms with Crippen molar-refractivity contribution >= 4 is 11.6 Å². The molecule has 1 aromatic carbocycles. The highest BCUT2D eigenvalue weighted by Crippen LogP contribution is 2.35. The lowest BCUT2D eigenvalue weighted by Gasteiger charge is -2.32. The van der Waals surface area contributed by atoms with Gasteiger partial charge in [-0.25, -0.2) is 0 Å². The molecule has 0 radical (unpaired) electrons. The second kappa shape index (κ2) is 5.64. The number of nitrogens with two attached hydrogens (primary N) is 1. The molecule has 19 heavy (non-hydrogen) atoms. The smallest absolute Gasteiger partial charge is 0.226 e. The van der Waals surface area contributed by atoms with Crippen molar-refractivity contribution in [3.8, 4) is 0 Å². The Balaban J connectivity index is 1.98. The zero-order valence-corrected chi connectivity index (χ0v) is 12.0. The van der Waals surface area contributed by atoms with Crippen LogP contribution in [0.25, 0.3) is 0 Å². The number of amides is 1. The molecule has 1 aromatic rings. The number of hydrogen-bond acceptors (Lipinski definition) is 2. The summed E-state index contributed by atoms with van der Waals surface area (Å²) in [6.45, 7) is 4.66. The molecular formula is C16H24N2O. The fourth-order valence-corrected chi connectivity index (χ4v) is 2.84. The number of benzene rings is 1. The van der Waals surface area contributed by atoms with E-state index in [1.165, 1.54) is 19.3 Å². The molecule has 1 amide bonds. The lowest BCUT2D eigenvalue weighted by molar-refractivity contribution is -0.132. The maximum Gasteiger partial charge on any atom is 0.226 e. The third-order valence-electron chi connectivity index (χ3n) is 4.43. The highest BCUT2D eigenvalue weighted by atomic mass is 16.2. The molecule has 0 aliphatic heterocycles. The van der Waals surface area contributed by atoms with E-state index < -0.39 is 0 Å². The van der Waals surface area contributed by atoms with Crippen LogP contribution in [0.15, 0.2) is 18.2 Å². The minimum absolute atomic E-state index is 0.174. The summed E-state index contributed by atoms with van der Waals surface area (Å²) in [6, 6.07) is 5.85. The molecular weight excluding hydrogens is 236 g/mol. The number of hydrogen-bond donors (Lipinski definition) is 2. The normalized spacial score (nSPS) is 18.0. The van der Waals surface area contributed by atoms with Crippen LogP contribution < -0.4 is 11.1 Å². The first kappa shape index (κ1) is 13.9. The van der Waals surface area contributed by atoms with Gasteiger partial charge < -0.3 is 11.1 Å². The third kappa shape index (κ3) is 3.09. The van der Waals surface area contributed by atoms with E-state index in [4.69, 9.17) is 5.73 Å². The van der Waals surface area contributed by atoms with Crippen LogP contribution in [-0.4, -0.2) is 5.91 Å². The average Bonchev–Trinajstić information content (AvgIpc) is 2.41. The average molecular weight is 260 g/mol. The van der Waals surface area contributed by atoms with Gasteiger partial charge in [-0.3, -0.25) is 4.79 Å². The van der Waals surface area contributed by atoms with E-state index in [9.17, 15) is 4.79 Å². The van der Waals surface area contributed by atoms with Crippen molar-refractivity contribution in [2.75, 3.05) is 5.73 Å². The summed E-state index contributed by atoms with van der Waals surface area (Å²) in [5, 5.41) is 3.08. The lowest BCUT2D eigenvalue weighted by Crippen LogP contribution is -2.40. The van der Waals surface area contributed by atoms with Crippen molar-refractivity contribution in [1.29, 1.82) is 0 Å². The van der Waals surface area contributed by atoms with Gasteiger partial charge in [-0.05, 0) is 37.0 Å². The van der Waals surface area contributed by atoms with Gasteiger partial charge in [-0.15, -0.1) is 0 Å². The van der Waals surface area contributed by atoms with Gasteiger partial charge in [0.15, 0.2) is 0 Å². The predicted octanol–water partition coefficient (Wildman–Crippen LogP) is 3.16. The van der Waals surface area contributed by atoms with Crippen LogP contribution >= 0.6 is 0 Å². The van der Waals surface area contributed by atoms with Crippen LogP contribution in [0.1, 0.15) is 50.2 Å². The van der Waals surface area contributed by atoms with Crippen molar-refractivity contribution in [3.63, 3.8) is 0 Å². The fraction of sp³-hybridized carbons (Fsp3) is 0.562. The van der Waals surface area contributed by atoms with Crippen molar-refractivity contribution in [2.45, 2.75) is 52.5 Å². The van der Waals surface area contributed by atoms with Crippen LogP contribution in [0.2, 0.25) is 0 Å². The molecule has 3 heteroatoms. The molecule has 0 unspecified atom stereocenters. The first-order chi connectivity index (χ1) is 9.03. The second-order valence-electron chi connectivity index (χ2n) is 5.94. The van der Waals surface area contributed by atoms with Crippen molar-refractivity contribution in [1.82, 2.24) is 5.32 Å². The molecule has 104 valence electrons. The summed E-state index contributed by atoms with van der Waals surface area (Å²) in [5.74, 6) is 0.189. The molecule has 0 atom stereocenters. The van der Waals surface area contributed by atoms with E-state index in [1.807, 2.05) is 25.1 Å². The first-order valence-corrected chi connectivity index (χ1v) is 7.15. The number of rotatable bonds is 3. The van der Waals surface area contributed by atoms with Crippen LogP contribution in [0.4, 0.5) is 5.69 Å². The Morgan fingerprint density at radius 1 is 1.32 bits per heavy atom. The quantitative estimate of drug-likeness (QED) is 0.820. The van der Waals surface area contributed by atoms with E-state index in [0.717, 1.165) is 29.7 Å². The zero-order chi connectivity index (χ0) is 13.9. The molecule has 1 fully saturated rings. The SMILES string of the molecule is Cc1c(N)cccc1CNC(=O)C1(C)CCCCC1. The van der Waals surface area contributed by atoms with Gasteiger partial charge in [0.25, 0.3) is 0 Å². The van der Waals surface area contributed by atoms with E-state index in [1.54, 1.807) is 0 Å². The molecule has 1 aliphatic rings. The van der Waals surface area contributed by atoms with Gasteiger partial charge in [-0.2, -0.15) is 0 Å². The molecule has 0 aromatic heterocycles. The number of carbonyl (C=O) groups excluding carboxylic acids is 1. The molecule has 0 bridgehead atoms. The van der Waals surface area contributed by atoms with Crippen LogP contribution in [0.3, 0.4) is 0 Å². The molecule has 2 rings (SSSR count). The Kier molecular flexibility index (Phi) is 4.13. The summed E-state index contributed by atoms with van der Waals surface area (Å²) in [7, 11) is 0. The highest BCUT2D eigenvalue weighted by molar-refractivity contribution is 5.82. The zero-order valence-electron chi connectivity index (χ0n) is 12.0. The Labute approximate surface area is 115 Å². The van der Waals surface area contributed by atoms with Gasteiger partial charge in [-0.1, -0.05) is 38.3 Å². The summed E-state index contributed by atoms with van der Waals surface area (Å²) >= 11 is 0. The molecule has 3 N–H and O–H groups in total. The minimum atomic E-state index is -0.174. The van der Waals surface area contributed by atoms with Gasteiger partial charge in [0.1, 0.15) is 0 Å². The maximum absolute atomic E-state index is 12.3. The van der Waals surface area contributed by atoms with Crippen LogP contribution in [-0.2, 0) is 11.3 Å². The fourth-order valence-electron chi connectivity index (χ4n) is 2.84. The van der Waals surface area contributed by atoms with E-state index in [-0.39, 0.29) is 11.3 Å². The number of nitrogen functional groups attached to an aromatic ring is 1. The van der Waals surface area contributed by atoms with Gasteiger partial charge in [0.05, 0.1) is 0 Å². The largest absolute Gasteiger partial charge is 0.399 e. The summed E-state index contributed by atoms with van der Waals surface area (Å²) in [5.41, 5.74) is 8.67. The summed E-state index contributed by atoms with van der Waals surface area (Å²) in [6.07, 6.45) is 5.61.